The minimum Gasteiger partial charge on any atom is -0.489 e. The Labute approximate surface area is 123 Å². The molecule has 0 saturated heterocycles. The van der Waals surface area contributed by atoms with Crippen LogP contribution < -0.4 is 9.47 Å². The number of fused-ring (bicyclic) bond motifs is 1. The van der Waals surface area contributed by atoms with E-state index in [4.69, 9.17) is 26.2 Å². The molecule has 0 amide bonds. The van der Waals surface area contributed by atoms with Crippen LogP contribution in [0.4, 0.5) is 0 Å². The van der Waals surface area contributed by atoms with Gasteiger partial charge in [-0.05, 0) is 29.4 Å². The zero-order chi connectivity index (χ0) is 13.7. The van der Waals surface area contributed by atoms with Crippen molar-refractivity contribution in [1.29, 1.82) is 0 Å². The first-order chi connectivity index (χ1) is 9.20. The number of ether oxygens (including phenoxy) is 2. The lowest BCUT2D eigenvalue weighted by Crippen LogP contribution is -2.03. The molecule has 0 spiro atoms. The molecule has 0 aliphatic carbocycles. The molecule has 1 unspecified atom stereocenters. The molecule has 1 aliphatic heterocycles. The molecular weight excluding hydrogens is 284 g/mol. The standard InChI is InChI=1S/C14H19ClO3S/c1-10(7-16)8-19-9-11-5-12(15)14-13(6-11)17-3-2-4-18-14/h5-6,10,16H,2-4,7-9H2,1H3. The third kappa shape index (κ3) is 4.20. The molecule has 1 aromatic carbocycles. The average Bonchev–Trinajstić information content (AvgIpc) is 2.64. The third-order valence-corrected chi connectivity index (χ3v) is 4.47. The lowest BCUT2D eigenvalue weighted by Gasteiger charge is -2.12. The second kappa shape index (κ2) is 7.27. The summed E-state index contributed by atoms with van der Waals surface area (Å²) in [5.74, 6) is 3.52. The summed E-state index contributed by atoms with van der Waals surface area (Å²) in [5, 5.41) is 9.61. The van der Waals surface area contributed by atoms with Gasteiger partial charge in [0.05, 0.1) is 18.2 Å². The highest BCUT2D eigenvalue weighted by Gasteiger charge is 2.15. The predicted octanol–water partition coefficient (Wildman–Crippen LogP) is 3.36. The van der Waals surface area contributed by atoms with Crippen molar-refractivity contribution in [2.45, 2.75) is 19.1 Å². The van der Waals surface area contributed by atoms with E-state index in [-0.39, 0.29) is 6.61 Å². The highest BCUT2D eigenvalue weighted by molar-refractivity contribution is 7.98. The largest absolute Gasteiger partial charge is 0.489 e. The molecule has 3 nitrogen and oxygen atoms in total. The molecule has 0 aromatic heterocycles. The monoisotopic (exact) mass is 302 g/mol. The molecular formula is C14H19ClO3S. The number of benzene rings is 1. The Morgan fingerprint density at radius 3 is 2.95 bits per heavy atom. The van der Waals surface area contributed by atoms with Gasteiger partial charge in [-0.15, -0.1) is 0 Å². The van der Waals surface area contributed by atoms with Crippen LogP contribution in [0.15, 0.2) is 12.1 Å². The van der Waals surface area contributed by atoms with E-state index in [1.165, 1.54) is 0 Å². The maximum atomic E-state index is 8.99. The summed E-state index contributed by atoms with van der Waals surface area (Å²) < 4.78 is 11.3. The number of halogens is 1. The van der Waals surface area contributed by atoms with E-state index in [1.54, 1.807) is 11.8 Å². The minimum atomic E-state index is 0.231. The van der Waals surface area contributed by atoms with Crippen LogP contribution in [-0.2, 0) is 5.75 Å². The van der Waals surface area contributed by atoms with Crippen LogP contribution in [0.1, 0.15) is 18.9 Å². The van der Waals surface area contributed by atoms with Crippen LogP contribution >= 0.6 is 23.4 Å². The van der Waals surface area contributed by atoms with Crippen molar-refractivity contribution < 1.29 is 14.6 Å². The van der Waals surface area contributed by atoms with Crippen molar-refractivity contribution in [2.24, 2.45) is 5.92 Å². The average molecular weight is 303 g/mol. The molecule has 0 fully saturated rings. The number of hydrogen-bond donors (Lipinski definition) is 1. The van der Waals surface area contributed by atoms with Crippen LogP contribution in [0.25, 0.3) is 0 Å². The molecule has 1 heterocycles. The van der Waals surface area contributed by atoms with E-state index in [2.05, 4.69) is 0 Å². The maximum absolute atomic E-state index is 8.99. The highest BCUT2D eigenvalue weighted by atomic mass is 35.5. The number of hydrogen-bond acceptors (Lipinski definition) is 4. The molecule has 0 bridgehead atoms. The van der Waals surface area contributed by atoms with E-state index in [1.807, 2.05) is 19.1 Å². The van der Waals surface area contributed by atoms with Crippen LogP contribution in [0.5, 0.6) is 11.5 Å². The van der Waals surface area contributed by atoms with E-state index in [0.717, 1.165) is 29.2 Å². The molecule has 0 saturated carbocycles. The zero-order valence-electron chi connectivity index (χ0n) is 11.0. The van der Waals surface area contributed by atoms with Gasteiger partial charge in [-0.2, -0.15) is 11.8 Å². The van der Waals surface area contributed by atoms with Crippen LogP contribution in [0, 0.1) is 5.92 Å². The topological polar surface area (TPSA) is 38.7 Å². The molecule has 0 radical (unpaired) electrons. The molecule has 19 heavy (non-hydrogen) atoms. The number of aliphatic hydroxyl groups is 1. The third-order valence-electron chi connectivity index (χ3n) is 2.84. The smallest absolute Gasteiger partial charge is 0.179 e. The zero-order valence-corrected chi connectivity index (χ0v) is 12.6. The minimum absolute atomic E-state index is 0.231. The van der Waals surface area contributed by atoms with Gasteiger partial charge in [-0.3, -0.25) is 0 Å². The summed E-state index contributed by atoms with van der Waals surface area (Å²) >= 11 is 8.02. The molecule has 106 valence electrons. The lowest BCUT2D eigenvalue weighted by atomic mass is 10.2. The van der Waals surface area contributed by atoms with Crippen LogP contribution in [0.3, 0.4) is 0 Å². The van der Waals surface area contributed by atoms with E-state index in [9.17, 15) is 0 Å². The Hall–Kier alpha value is -0.580. The lowest BCUT2D eigenvalue weighted by molar-refractivity contribution is 0.250. The van der Waals surface area contributed by atoms with Crippen molar-refractivity contribution >= 4 is 23.4 Å². The Balaban J connectivity index is 2.02. The summed E-state index contributed by atoms with van der Waals surface area (Å²) in [5.41, 5.74) is 1.13. The second-order valence-electron chi connectivity index (χ2n) is 4.76. The van der Waals surface area contributed by atoms with Gasteiger partial charge in [0.15, 0.2) is 11.5 Å². The molecule has 5 heteroatoms. The first kappa shape index (κ1) is 14.8. The van der Waals surface area contributed by atoms with Crippen molar-refractivity contribution in [3.8, 4) is 11.5 Å². The fourth-order valence-corrected chi connectivity index (χ4v) is 3.11. The normalized spacial score (nSPS) is 15.9. The summed E-state index contributed by atoms with van der Waals surface area (Å²) in [6.07, 6.45) is 0.878. The van der Waals surface area contributed by atoms with Gasteiger partial charge in [0.25, 0.3) is 0 Å². The van der Waals surface area contributed by atoms with E-state index < -0.39 is 0 Å². The maximum Gasteiger partial charge on any atom is 0.179 e. The van der Waals surface area contributed by atoms with Gasteiger partial charge in [0.2, 0.25) is 0 Å². The van der Waals surface area contributed by atoms with E-state index in [0.29, 0.717) is 29.9 Å². The van der Waals surface area contributed by atoms with Gasteiger partial charge < -0.3 is 14.6 Å². The molecule has 2 rings (SSSR count). The van der Waals surface area contributed by atoms with Crippen LogP contribution in [0.2, 0.25) is 5.02 Å². The van der Waals surface area contributed by atoms with Crippen molar-refractivity contribution in [2.75, 3.05) is 25.6 Å². The van der Waals surface area contributed by atoms with Crippen molar-refractivity contribution in [1.82, 2.24) is 0 Å². The number of aliphatic hydroxyl groups excluding tert-OH is 1. The number of thioether (sulfide) groups is 1. The van der Waals surface area contributed by atoms with Gasteiger partial charge >= 0.3 is 0 Å². The molecule has 1 aliphatic rings. The SMILES string of the molecule is CC(CO)CSCc1cc(Cl)c2c(c1)OCCCO2. The summed E-state index contributed by atoms with van der Waals surface area (Å²) in [6, 6.07) is 3.94. The molecule has 1 N–H and O–H groups in total. The summed E-state index contributed by atoms with van der Waals surface area (Å²) in [6.45, 7) is 3.58. The first-order valence-electron chi connectivity index (χ1n) is 6.47. The Kier molecular flexibility index (Phi) is 5.67. The Morgan fingerprint density at radius 1 is 1.37 bits per heavy atom. The van der Waals surface area contributed by atoms with Crippen LogP contribution in [-0.4, -0.2) is 30.7 Å². The van der Waals surface area contributed by atoms with Gasteiger partial charge in [0.1, 0.15) is 0 Å². The van der Waals surface area contributed by atoms with Gasteiger partial charge in [-0.1, -0.05) is 18.5 Å². The molecule has 1 aromatic rings. The fraction of sp³-hybridized carbons (Fsp3) is 0.571. The Morgan fingerprint density at radius 2 is 2.16 bits per heavy atom. The Bertz CT molecular complexity index is 425. The second-order valence-corrected chi connectivity index (χ2v) is 6.20. The van der Waals surface area contributed by atoms with Crippen molar-refractivity contribution in [3.05, 3.63) is 22.7 Å². The predicted molar refractivity (Wildman–Crippen MR) is 79.5 cm³/mol. The van der Waals surface area contributed by atoms with Gasteiger partial charge in [0, 0.05) is 18.8 Å². The fourth-order valence-electron chi connectivity index (χ4n) is 1.80. The summed E-state index contributed by atoms with van der Waals surface area (Å²) in [4.78, 5) is 0. The van der Waals surface area contributed by atoms with Crippen molar-refractivity contribution in [3.63, 3.8) is 0 Å². The van der Waals surface area contributed by atoms with E-state index >= 15 is 0 Å². The quantitative estimate of drug-likeness (QED) is 0.905. The molecule has 1 atom stereocenters. The summed E-state index contributed by atoms with van der Waals surface area (Å²) in [7, 11) is 0. The van der Waals surface area contributed by atoms with Gasteiger partial charge in [-0.25, -0.2) is 0 Å². The number of rotatable bonds is 5. The first-order valence-corrected chi connectivity index (χ1v) is 8.00. The highest BCUT2D eigenvalue weighted by Crippen LogP contribution is 2.38.